The van der Waals surface area contributed by atoms with E-state index in [1.165, 1.54) is 6.21 Å². The normalized spacial score (nSPS) is 17.4. The third-order valence-electron chi connectivity index (χ3n) is 4.31. The topological polar surface area (TPSA) is 113 Å². The first-order chi connectivity index (χ1) is 14.6. The van der Waals surface area contributed by atoms with Crippen LogP contribution in [0.1, 0.15) is 12.0 Å². The number of benzene rings is 2. The van der Waals surface area contributed by atoms with Crippen LogP contribution in [0, 0.1) is 0 Å². The average Bonchev–Trinajstić information content (AvgIpc) is 3.08. The molecule has 2 amide bonds. The minimum Gasteiger partial charge on any atom is -0.486 e. The lowest BCUT2D eigenvalue weighted by molar-refractivity contribution is -0.123. The Labute approximate surface area is 177 Å². The average molecular weight is 428 g/mol. The third kappa shape index (κ3) is 4.69. The molecule has 4 rings (SSSR count). The first kappa shape index (κ1) is 19.7. The van der Waals surface area contributed by atoms with Crippen LogP contribution < -0.4 is 25.5 Å². The summed E-state index contributed by atoms with van der Waals surface area (Å²) in [5.41, 5.74) is 3.91. The summed E-state index contributed by atoms with van der Waals surface area (Å²) in [5.74, 6) is 0.630. The van der Waals surface area contributed by atoms with Crippen molar-refractivity contribution >= 4 is 41.3 Å². The lowest BCUT2D eigenvalue weighted by atomic mass is 10.2. The van der Waals surface area contributed by atoms with E-state index in [2.05, 4.69) is 26.2 Å². The Bertz CT molecular complexity index is 1040. The van der Waals surface area contributed by atoms with Gasteiger partial charge in [-0.15, -0.1) is 0 Å². The highest BCUT2D eigenvalue weighted by molar-refractivity contribution is 6.33. The number of nitrogens with zero attached hydrogens (tertiary/aromatic N) is 2. The van der Waals surface area contributed by atoms with Gasteiger partial charge in [-0.25, -0.2) is 10.4 Å². The van der Waals surface area contributed by atoms with Gasteiger partial charge in [0.15, 0.2) is 11.5 Å². The summed E-state index contributed by atoms with van der Waals surface area (Å²) < 4.78 is 10.9. The highest BCUT2D eigenvalue weighted by atomic mass is 35.5. The van der Waals surface area contributed by atoms with Crippen molar-refractivity contribution in [1.82, 2.24) is 10.7 Å². The van der Waals surface area contributed by atoms with Gasteiger partial charge >= 0.3 is 0 Å². The number of aliphatic imine (C=N–C) groups is 1. The molecule has 0 aliphatic carbocycles. The van der Waals surface area contributed by atoms with Crippen LogP contribution in [0.15, 0.2) is 52.6 Å². The molecule has 2 heterocycles. The van der Waals surface area contributed by atoms with Gasteiger partial charge in [0.05, 0.1) is 12.6 Å². The van der Waals surface area contributed by atoms with E-state index < -0.39 is 6.04 Å². The molecule has 0 bridgehead atoms. The van der Waals surface area contributed by atoms with Gasteiger partial charge in [0, 0.05) is 22.3 Å². The molecule has 1 atom stereocenters. The van der Waals surface area contributed by atoms with Crippen molar-refractivity contribution in [3.05, 3.63) is 53.1 Å². The zero-order valence-corrected chi connectivity index (χ0v) is 16.5. The molecule has 3 N–H and O–H groups in total. The van der Waals surface area contributed by atoms with Gasteiger partial charge in [-0.2, -0.15) is 5.10 Å². The van der Waals surface area contributed by atoms with E-state index in [4.69, 9.17) is 21.1 Å². The summed E-state index contributed by atoms with van der Waals surface area (Å²) in [7, 11) is 0. The van der Waals surface area contributed by atoms with Crippen LogP contribution in [0.4, 0.5) is 5.69 Å². The molecule has 2 aliphatic rings. The SMILES string of the molecule is O=C(CC1N=C(NN=Cc2ccccc2Cl)NC1=O)Nc1ccc2c(c1)OCCO2. The van der Waals surface area contributed by atoms with Crippen LogP contribution in [-0.2, 0) is 9.59 Å². The monoisotopic (exact) mass is 427 g/mol. The lowest BCUT2D eigenvalue weighted by Gasteiger charge is -2.19. The smallest absolute Gasteiger partial charge is 0.252 e. The van der Waals surface area contributed by atoms with E-state index in [-0.39, 0.29) is 24.2 Å². The van der Waals surface area contributed by atoms with E-state index in [1.54, 1.807) is 30.3 Å². The van der Waals surface area contributed by atoms with Crippen LogP contribution in [0.3, 0.4) is 0 Å². The molecule has 2 aromatic carbocycles. The fraction of sp³-hybridized carbons (Fsp3) is 0.200. The maximum atomic E-state index is 12.3. The van der Waals surface area contributed by atoms with Crippen molar-refractivity contribution in [1.29, 1.82) is 0 Å². The first-order valence-electron chi connectivity index (χ1n) is 9.20. The maximum Gasteiger partial charge on any atom is 0.252 e. The van der Waals surface area contributed by atoms with Crippen LogP contribution in [0.2, 0.25) is 5.02 Å². The standard InChI is InChI=1S/C20H18ClN5O4/c21-14-4-2-1-3-12(14)11-22-26-20-24-15(19(28)25-20)10-18(27)23-13-5-6-16-17(9-13)30-8-7-29-16/h1-6,9,11,15H,7-8,10H2,(H,23,27)(H2,24,25,26,28). The minimum absolute atomic E-state index is 0.111. The molecule has 0 spiro atoms. The van der Waals surface area contributed by atoms with Crippen LogP contribution in [0.25, 0.3) is 0 Å². The highest BCUT2D eigenvalue weighted by Crippen LogP contribution is 2.32. The molecule has 2 aromatic rings. The Morgan fingerprint density at radius 3 is 2.87 bits per heavy atom. The fourth-order valence-electron chi connectivity index (χ4n) is 2.89. The number of fused-ring (bicyclic) bond motifs is 1. The number of carbonyl (C=O) groups is 2. The predicted molar refractivity (Wildman–Crippen MR) is 112 cm³/mol. The quantitative estimate of drug-likeness (QED) is 0.498. The molecule has 0 fully saturated rings. The molecule has 0 radical (unpaired) electrons. The Balaban J connectivity index is 1.33. The largest absolute Gasteiger partial charge is 0.486 e. The van der Waals surface area contributed by atoms with E-state index in [0.717, 1.165) is 0 Å². The number of amides is 2. The van der Waals surface area contributed by atoms with Gasteiger partial charge in [-0.1, -0.05) is 29.8 Å². The highest BCUT2D eigenvalue weighted by Gasteiger charge is 2.28. The van der Waals surface area contributed by atoms with Gasteiger partial charge < -0.3 is 14.8 Å². The van der Waals surface area contributed by atoms with Gasteiger partial charge in [0.1, 0.15) is 19.3 Å². The lowest BCUT2D eigenvalue weighted by Crippen LogP contribution is -2.35. The van der Waals surface area contributed by atoms with Gasteiger partial charge in [0.25, 0.3) is 5.91 Å². The molecule has 2 aliphatic heterocycles. The van der Waals surface area contributed by atoms with E-state index in [1.807, 2.05) is 12.1 Å². The molecule has 30 heavy (non-hydrogen) atoms. The summed E-state index contributed by atoms with van der Waals surface area (Å²) in [6, 6.07) is 11.5. The van der Waals surface area contributed by atoms with Crippen molar-refractivity contribution in [2.45, 2.75) is 12.5 Å². The van der Waals surface area contributed by atoms with E-state index in [0.29, 0.717) is 41.0 Å². The number of carbonyl (C=O) groups excluding carboxylic acids is 2. The summed E-state index contributed by atoms with van der Waals surface area (Å²) in [6.45, 7) is 0.947. The summed E-state index contributed by atoms with van der Waals surface area (Å²) in [4.78, 5) is 28.6. The van der Waals surface area contributed by atoms with Crippen molar-refractivity contribution in [2.24, 2.45) is 10.1 Å². The van der Waals surface area contributed by atoms with Gasteiger partial charge in [-0.3, -0.25) is 14.9 Å². The van der Waals surface area contributed by atoms with Crippen molar-refractivity contribution in [3.63, 3.8) is 0 Å². The first-order valence-corrected chi connectivity index (χ1v) is 9.58. The van der Waals surface area contributed by atoms with Crippen molar-refractivity contribution in [3.8, 4) is 11.5 Å². The number of halogens is 1. The van der Waals surface area contributed by atoms with Crippen LogP contribution in [-0.4, -0.2) is 43.2 Å². The Morgan fingerprint density at radius 1 is 1.23 bits per heavy atom. The molecule has 154 valence electrons. The van der Waals surface area contributed by atoms with E-state index in [9.17, 15) is 9.59 Å². The van der Waals surface area contributed by atoms with Gasteiger partial charge in [-0.05, 0) is 18.2 Å². The summed E-state index contributed by atoms with van der Waals surface area (Å²) >= 11 is 6.05. The number of guanidine groups is 1. The number of hydrazone groups is 1. The zero-order chi connectivity index (χ0) is 20.9. The zero-order valence-electron chi connectivity index (χ0n) is 15.7. The maximum absolute atomic E-state index is 12.3. The summed E-state index contributed by atoms with van der Waals surface area (Å²) in [6.07, 6.45) is 1.40. The molecular formula is C20H18ClN5O4. The van der Waals surface area contributed by atoms with Crippen molar-refractivity contribution < 1.29 is 19.1 Å². The number of hydrogen-bond acceptors (Lipinski definition) is 7. The summed E-state index contributed by atoms with van der Waals surface area (Å²) in [5, 5.41) is 9.85. The third-order valence-corrected chi connectivity index (χ3v) is 4.66. The molecule has 10 heteroatoms. The number of ether oxygens (including phenoxy) is 2. The molecule has 0 saturated heterocycles. The molecule has 0 saturated carbocycles. The Morgan fingerprint density at radius 2 is 2.03 bits per heavy atom. The molecular weight excluding hydrogens is 410 g/mol. The Kier molecular flexibility index (Phi) is 5.80. The number of hydrogen-bond donors (Lipinski definition) is 3. The van der Waals surface area contributed by atoms with Gasteiger partial charge in [0.2, 0.25) is 11.9 Å². The second-order valence-electron chi connectivity index (χ2n) is 6.49. The second-order valence-corrected chi connectivity index (χ2v) is 6.89. The minimum atomic E-state index is -0.847. The second kappa shape index (κ2) is 8.83. The molecule has 0 aromatic heterocycles. The molecule has 9 nitrogen and oxygen atoms in total. The van der Waals surface area contributed by atoms with Crippen molar-refractivity contribution in [2.75, 3.05) is 18.5 Å². The number of anilines is 1. The van der Waals surface area contributed by atoms with Crippen LogP contribution in [0.5, 0.6) is 11.5 Å². The Hall–Kier alpha value is -3.59. The van der Waals surface area contributed by atoms with E-state index >= 15 is 0 Å². The molecule has 1 unspecified atom stereocenters. The van der Waals surface area contributed by atoms with Crippen LogP contribution >= 0.6 is 11.6 Å². The predicted octanol–water partition coefficient (Wildman–Crippen LogP) is 1.92. The number of rotatable bonds is 5. The number of nitrogens with one attached hydrogen (secondary N) is 3. The fourth-order valence-corrected chi connectivity index (χ4v) is 3.08.